The van der Waals surface area contributed by atoms with Crippen LogP contribution in [-0.4, -0.2) is 73.5 Å². The van der Waals surface area contributed by atoms with E-state index in [9.17, 15) is 34.8 Å². The fraction of sp³-hybridized carbons (Fsp3) is 0.308. The van der Waals surface area contributed by atoms with E-state index in [0.717, 1.165) is 0 Å². The SMILES string of the molecule is CN(C)C1C(=O)C(C(N)=O)=C(O)C2(O)C(=O)C3=C(O)c4c(O)ccc(-c5ccccn5)c4CC3CC12. The molecule has 1 aromatic heterocycles. The Balaban J connectivity index is 1.75. The molecule has 0 aliphatic heterocycles. The van der Waals surface area contributed by atoms with Crippen LogP contribution in [0.1, 0.15) is 17.5 Å². The summed E-state index contributed by atoms with van der Waals surface area (Å²) in [7, 11) is 3.12. The Morgan fingerprint density at radius 2 is 1.86 bits per heavy atom. The van der Waals surface area contributed by atoms with Crippen LogP contribution in [0.25, 0.3) is 17.0 Å². The van der Waals surface area contributed by atoms with Crippen LogP contribution in [0.4, 0.5) is 0 Å². The van der Waals surface area contributed by atoms with Gasteiger partial charge in [-0.15, -0.1) is 0 Å². The van der Waals surface area contributed by atoms with Crippen LogP contribution < -0.4 is 5.73 Å². The zero-order chi connectivity index (χ0) is 26.1. The molecule has 0 saturated heterocycles. The lowest BCUT2D eigenvalue weighted by molar-refractivity contribution is -0.153. The van der Waals surface area contributed by atoms with Crippen molar-refractivity contribution in [3.63, 3.8) is 0 Å². The van der Waals surface area contributed by atoms with Gasteiger partial charge in [0.1, 0.15) is 22.8 Å². The Labute approximate surface area is 206 Å². The zero-order valence-electron chi connectivity index (χ0n) is 19.6. The first-order valence-electron chi connectivity index (χ1n) is 11.4. The number of carbonyl (C=O) groups excluding carboxylic acids is 3. The van der Waals surface area contributed by atoms with E-state index in [4.69, 9.17) is 5.73 Å². The van der Waals surface area contributed by atoms with Crippen LogP contribution in [0.5, 0.6) is 5.75 Å². The summed E-state index contributed by atoms with van der Waals surface area (Å²) < 4.78 is 0. The van der Waals surface area contributed by atoms with Crippen molar-refractivity contribution in [3.05, 3.63) is 64.6 Å². The Morgan fingerprint density at radius 1 is 1.14 bits per heavy atom. The first kappa shape index (κ1) is 23.7. The van der Waals surface area contributed by atoms with Crippen molar-refractivity contribution >= 4 is 23.2 Å². The number of ketones is 2. The van der Waals surface area contributed by atoms with Gasteiger partial charge in [-0.3, -0.25) is 24.3 Å². The van der Waals surface area contributed by atoms with Crippen LogP contribution in [0.3, 0.4) is 0 Å². The van der Waals surface area contributed by atoms with Gasteiger partial charge in [0.2, 0.25) is 5.78 Å². The summed E-state index contributed by atoms with van der Waals surface area (Å²) in [5.41, 5.74) is 3.53. The number of carbonyl (C=O) groups is 3. The summed E-state index contributed by atoms with van der Waals surface area (Å²) in [4.78, 5) is 44.8. The third-order valence-corrected chi connectivity index (χ3v) is 7.55. The molecule has 6 N–H and O–H groups in total. The average Bonchev–Trinajstić information content (AvgIpc) is 2.81. The predicted molar refractivity (Wildman–Crippen MR) is 127 cm³/mol. The van der Waals surface area contributed by atoms with Gasteiger partial charge in [-0.2, -0.15) is 0 Å². The molecule has 1 saturated carbocycles. The molecule has 3 aliphatic carbocycles. The number of primary amides is 1. The maximum atomic E-state index is 13.8. The lowest BCUT2D eigenvalue weighted by atomic mass is 9.57. The van der Waals surface area contributed by atoms with Gasteiger partial charge >= 0.3 is 0 Å². The highest BCUT2D eigenvalue weighted by Crippen LogP contribution is 2.53. The Kier molecular flexibility index (Phi) is 5.27. The normalized spacial score (nSPS) is 27.6. The van der Waals surface area contributed by atoms with Crippen molar-refractivity contribution in [2.75, 3.05) is 14.1 Å². The molecular weight excluding hydrogens is 466 g/mol. The Morgan fingerprint density at radius 3 is 2.47 bits per heavy atom. The lowest BCUT2D eigenvalue weighted by Crippen LogP contribution is -2.65. The molecule has 5 rings (SSSR count). The summed E-state index contributed by atoms with van der Waals surface area (Å²) in [6.45, 7) is 0. The van der Waals surface area contributed by atoms with E-state index in [1.807, 2.05) is 0 Å². The van der Waals surface area contributed by atoms with Crippen molar-refractivity contribution in [1.82, 2.24) is 9.88 Å². The topological polar surface area (TPSA) is 174 Å². The van der Waals surface area contributed by atoms with Gasteiger partial charge in [0, 0.05) is 23.3 Å². The van der Waals surface area contributed by atoms with E-state index >= 15 is 0 Å². The number of Topliss-reactive ketones (excluding diaryl/α,β-unsaturated/α-hetero) is 2. The van der Waals surface area contributed by atoms with Gasteiger partial charge in [0.25, 0.3) is 5.91 Å². The minimum atomic E-state index is -2.65. The number of phenolic OH excluding ortho intramolecular Hbond substituents is 1. The molecule has 4 unspecified atom stereocenters. The monoisotopic (exact) mass is 491 g/mol. The predicted octanol–water partition coefficient (Wildman–Crippen LogP) is 1.03. The van der Waals surface area contributed by atoms with Crippen molar-refractivity contribution in [3.8, 4) is 17.0 Å². The van der Waals surface area contributed by atoms with E-state index in [-0.39, 0.29) is 29.7 Å². The van der Waals surface area contributed by atoms with Gasteiger partial charge in [-0.25, -0.2) is 0 Å². The number of benzene rings is 1. The smallest absolute Gasteiger partial charge is 0.255 e. The fourth-order valence-electron chi connectivity index (χ4n) is 6.01. The number of aliphatic hydroxyl groups excluding tert-OH is 2. The second-order valence-electron chi connectivity index (χ2n) is 9.66. The van der Waals surface area contributed by atoms with E-state index in [1.54, 1.807) is 44.6 Å². The molecule has 0 bridgehead atoms. The van der Waals surface area contributed by atoms with Crippen LogP contribution >= 0.6 is 0 Å². The van der Waals surface area contributed by atoms with Crippen LogP contribution in [0.2, 0.25) is 0 Å². The number of pyridine rings is 1. The first-order chi connectivity index (χ1) is 17.0. The summed E-state index contributed by atoms with van der Waals surface area (Å²) in [5.74, 6) is -6.75. The molecule has 36 heavy (non-hydrogen) atoms. The molecule has 10 nitrogen and oxygen atoms in total. The summed E-state index contributed by atoms with van der Waals surface area (Å²) >= 11 is 0. The summed E-state index contributed by atoms with van der Waals surface area (Å²) in [6.07, 6.45) is 1.85. The summed E-state index contributed by atoms with van der Waals surface area (Å²) in [6, 6.07) is 7.28. The highest BCUT2D eigenvalue weighted by molar-refractivity contribution is 6.24. The molecule has 3 aliphatic rings. The first-order valence-corrected chi connectivity index (χ1v) is 11.4. The molecule has 0 spiro atoms. The number of nitrogens with two attached hydrogens (primary N) is 1. The van der Waals surface area contributed by atoms with Crippen LogP contribution in [0, 0.1) is 11.8 Å². The maximum absolute atomic E-state index is 13.8. The molecule has 186 valence electrons. The van der Waals surface area contributed by atoms with Gasteiger partial charge in [0.05, 0.1) is 17.3 Å². The van der Waals surface area contributed by atoms with Crippen LogP contribution in [-0.2, 0) is 20.8 Å². The number of amides is 1. The van der Waals surface area contributed by atoms with Gasteiger partial charge in [-0.05, 0) is 62.7 Å². The van der Waals surface area contributed by atoms with Crippen molar-refractivity contribution in [2.24, 2.45) is 17.6 Å². The quantitative estimate of drug-likeness (QED) is 0.393. The highest BCUT2D eigenvalue weighted by atomic mass is 16.3. The molecule has 4 atom stereocenters. The van der Waals surface area contributed by atoms with Crippen molar-refractivity contribution < 1.29 is 34.8 Å². The third-order valence-electron chi connectivity index (χ3n) is 7.55. The Hall–Kier alpha value is -4.02. The third kappa shape index (κ3) is 3.04. The second kappa shape index (κ2) is 8.00. The standard InChI is InChI=1S/C26H25N3O7/c1-29(2)20-14-10-11-9-13-12(15-5-3-4-8-28-15)6-7-16(30)18(13)21(31)17(11)23(33)26(14,36)24(34)19(22(20)32)25(27)35/h3-8,11,14,20,30-31,34,36H,9-10H2,1-2H3,(H2,27,35). The van der Waals surface area contributed by atoms with E-state index in [1.165, 1.54) is 11.0 Å². The molecule has 1 amide bonds. The minimum Gasteiger partial charge on any atom is -0.508 e. The van der Waals surface area contributed by atoms with E-state index < -0.39 is 58.0 Å². The molecule has 0 radical (unpaired) electrons. The number of aliphatic hydroxyl groups is 3. The number of hydrogen-bond acceptors (Lipinski definition) is 9. The van der Waals surface area contributed by atoms with Crippen molar-refractivity contribution in [1.29, 1.82) is 0 Å². The van der Waals surface area contributed by atoms with Crippen LogP contribution in [0.15, 0.2) is 53.4 Å². The molecule has 1 fully saturated rings. The zero-order valence-corrected chi connectivity index (χ0v) is 19.6. The fourth-order valence-corrected chi connectivity index (χ4v) is 6.01. The van der Waals surface area contributed by atoms with Gasteiger partial charge in [0.15, 0.2) is 11.4 Å². The number of rotatable bonds is 3. The maximum Gasteiger partial charge on any atom is 0.255 e. The van der Waals surface area contributed by atoms with Gasteiger partial charge < -0.3 is 26.2 Å². The summed E-state index contributed by atoms with van der Waals surface area (Å²) in [5, 5.41) is 44.4. The average molecular weight is 492 g/mol. The lowest BCUT2D eigenvalue weighted by Gasteiger charge is -2.50. The highest BCUT2D eigenvalue weighted by Gasteiger charge is 2.64. The molecule has 10 heteroatoms. The molecule has 2 aromatic rings. The minimum absolute atomic E-state index is 0.0308. The second-order valence-corrected chi connectivity index (χ2v) is 9.66. The molecule has 1 aromatic carbocycles. The van der Waals surface area contributed by atoms with E-state index in [0.29, 0.717) is 16.8 Å². The number of aromatic nitrogens is 1. The van der Waals surface area contributed by atoms with Gasteiger partial charge in [-0.1, -0.05) is 6.07 Å². The van der Waals surface area contributed by atoms with Crippen molar-refractivity contribution in [2.45, 2.75) is 24.5 Å². The Bertz CT molecular complexity index is 1400. The number of aromatic hydroxyl groups is 1. The van der Waals surface area contributed by atoms with E-state index in [2.05, 4.69) is 4.98 Å². The molecule has 1 heterocycles. The largest absolute Gasteiger partial charge is 0.508 e. The number of phenols is 1. The number of hydrogen-bond donors (Lipinski definition) is 5. The number of fused-ring (bicyclic) bond motifs is 3. The number of nitrogens with zero attached hydrogens (tertiary/aromatic N) is 2. The number of likely N-dealkylation sites (N-methyl/N-ethyl adjacent to an activating group) is 1. The molecular formula is C26H25N3O7.